The van der Waals surface area contributed by atoms with Gasteiger partial charge in [-0.05, 0) is 12.3 Å². The van der Waals surface area contributed by atoms with E-state index in [0.717, 1.165) is 11.0 Å². The highest BCUT2D eigenvalue weighted by atomic mass is 32.2. The molecule has 1 fully saturated rings. The van der Waals surface area contributed by atoms with Gasteiger partial charge in [0.1, 0.15) is 11.3 Å². The Morgan fingerprint density at radius 3 is 2.95 bits per heavy atom. The number of nitrogens with two attached hydrogens (primary N) is 1. The predicted octanol–water partition coefficient (Wildman–Crippen LogP) is 1.46. The van der Waals surface area contributed by atoms with Gasteiger partial charge in [0.25, 0.3) is 5.91 Å². The van der Waals surface area contributed by atoms with Crippen LogP contribution in [0.3, 0.4) is 0 Å². The van der Waals surface area contributed by atoms with Crippen molar-refractivity contribution in [2.45, 2.75) is 18.1 Å². The molecule has 0 spiro atoms. The SMILES string of the molecule is CSc1ncc2cc(C(N)=O)n(C3COCC3C)c2n1. The molecule has 1 aliphatic rings. The Kier molecular flexibility index (Phi) is 3.39. The quantitative estimate of drug-likeness (QED) is 0.684. The van der Waals surface area contributed by atoms with Crippen LogP contribution >= 0.6 is 11.8 Å². The van der Waals surface area contributed by atoms with Crippen LogP contribution < -0.4 is 5.73 Å². The summed E-state index contributed by atoms with van der Waals surface area (Å²) in [6, 6.07) is 1.84. The van der Waals surface area contributed by atoms with E-state index < -0.39 is 5.91 Å². The third-order valence-corrected chi connectivity index (χ3v) is 4.21. The van der Waals surface area contributed by atoms with E-state index in [9.17, 15) is 4.79 Å². The van der Waals surface area contributed by atoms with Crippen molar-refractivity contribution in [1.82, 2.24) is 14.5 Å². The molecule has 6 nitrogen and oxygen atoms in total. The van der Waals surface area contributed by atoms with Crippen LogP contribution in [0.25, 0.3) is 11.0 Å². The molecule has 3 rings (SSSR count). The standard InChI is InChI=1S/C13H16N4O2S/c1-7-5-19-6-10(7)17-9(11(14)18)3-8-4-15-13(20-2)16-12(8)17/h3-4,7,10H,5-6H2,1-2H3,(H2,14,18). The molecule has 0 bridgehead atoms. The summed E-state index contributed by atoms with van der Waals surface area (Å²) in [6.07, 6.45) is 3.66. The van der Waals surface area contributed by atoms with E-state index >= 15 is 0 Å². The number of thioether (sulfide) groups is 1. The molecule has 2 atom stereocenters. The summed E-state index contributed by atoms with van der Waals surface area (Å²) in [4.78, 5) is 20.5. The second-order valence-corrected chi connectivity index (χ2v) is 5.75. The highest BCUT2D eigenvalue weighted by molar-refractivity contribution is 7.98. The van der Waals surface area contributed by atoms with Crippen LogP contribution in [0, 0.1) is 5.92 Å². The van der Waals surface area contributed by atoms with E-state index in [-0.39, 0.29) is 6.04 Å². The van der Waals surface area contributed by atoms with Crippen molar-refractivity contribution in [2.75, 3.05) is 19.5 Å². The first kappa shape index (κ1) is 13.4. The lowest BCUT2D eigenvalue weighted by Gasteiger charge is -2.18. The van der Waals surface area contributed by atoms with Crippen molar-refractivity contribution < 1.29 is 9.53 Å². The van der Waals surface area contributed by atoms with Crippen molar-refractivity contribution in [2.24, 2.45) is 11.7 Å². The Labute approximate surface area is 120 Å². The number of amides is 1. The monoisotopic (exact) mass is 292 g/mol. The summed E-state index contributed by atoms with van der Waals surface area (Å²) < 4.78 is 7.43. The lowest BCUT2D eigenvalue weighted by Crippen LogP contribution is -2.23. The number of ether oxygens (including phenoxy) is 1. The first-order valence-corrected chi connectivity index (χ1v) is 7.63. The predicted molar refractivity (Wildman–Crippen MR) is 76.8 cm³/mol. The number of fused-ring (bicyclic) bond motifs is 1. The molecule has 1 aliphatic heterocycles. The second kappa shape index (κ2) is 5.06. The maximum absolute atomic E-state index is 11.7. The molecule has 7 heteroatoms. The summed E-state index contributed by atoms with van der Waals surface area (Å²) in [7, 11) is 0. The van der Waals surface area contributed by atoms with Crippen LogP contribution in [-0.4, -0.2) is 39.9 Å². The lowest BCUT2D eigenvalue weighted by atomic mass is 10.1. The van der Waals surface area contributed by atoms with Crippen molar-refractivity contribution >= 4 is 28.7 Å². The maximum atomic E-state index is 11.7. The summed E-state index contributed by atoms with van der Waals surface area (Å²) in [5, 5.41) is 1.51. The molecule has 2 N–H and O–H groups in total. The average molecular weight is 292 g/mol. The maximum Gasteiger partial charge on any atom is 0.265 e. The highest BCUT2D eigenvalue weighted by Gasteiger charge is 2.30. The normalized spacial score (nSPS) is 22.5. The second-order valence-electron chi connectivity index (χ2n) is 4.98. The van der Waals surface area contributed by atoms with Gasteiger partial charge in [-0.25, -0.2) is 9.97 Å². The zero-order valence-corrected chi connectivity index (χ0v) is 12.2. The molecule has 2 aromatic heterocycles. The minimum atomic E-state index is -0.451. The van der Waals surface area contributed by atoms with Gasteiger partial charge < -0.3 is 15.0 Å². The Balaban J connectivity index is 2.24. The molecule has 0 radical (unpaired) electrons. The molecular weight excluding hydrogens is 276 g/mol. The van der Waals surface area contributed by atoms with Crippen LogP contribution in [0.15, 0.2) is 17.4 Å². The Morgan fingerprint density at radius 2 is 2.35 bits per heavy atom. The number of carbonyl (C=O) groups excluding carboxylic acids is 1. The molecule has 0 saturated carbocycles. The minimum Gasteiger partial charge on any atom is -0.379 e. The minimum absolute atomic E-state index is 0.0830. The van der Waals surface area contributed by atoms with Crippen LogP contribution in [0.2, 0.25) is 0 Å². The molecule has 1 amide bonds. The zero-order valence-electron chi connectivity index (χ0n) is 11.4. The van der Waals surface area contributed by atoms with Crippen molar-refractivity contribution in [3.05, 3.63) is 18.0 Å². The van der Waals surface area contributed by atoms with E-state index in [2.05, 4.69) is 16.9 Å². The lowest BCUT2D eigenvalue weighted by molar-refractivity contribution is 0.0988. The van der Waals surface area contributed by atoms with Gasteiger partial charge in [-0.3, -0.25) is 4.79 Å². The summed E-state index contributed by atoms with van der Waals surface area (Å²) in [5.41, 5.74) is 6.73. The van der Waals surface area contributed by atoms with Crippen molar-refractivity contribution in [3.63, 3.8) is 0 Å². The van der Waals surface area contributed by atoms with Crippen LogP contribution in [0.5, 0.6) is 0 Å². The van der Waals surface area contributed by atoms with Gasteiger partial charge in [-0.2, -0.15) is 0 Å². The highest BCUT2D eigenvalue weighted by Crippen LogP contribution is 2.31. The van der Waals surface area contributed by atoms with Crippen LogP contribution in [0.4, 0.5) is 0 Å². The Hall–Kier alpha value is -1.60. The first-order chi connectivity index (χ1) is 9.61. The number of hydrogen-bond acceptors (Lipinski definition) is 5. The number of nitrogens with zero attached hydrogens (tertiary/aromatic N) is 3. The van der Waals surface area contributed by atoms with E-state index in [0.29, 0.717) is 30.0 Å². The molecule has 2 unspecified atom stereocenters. The summed E-state index contributed by atoms with van der Waals surface area (Å²) >= 11 is 1.47. The van der Waals surface area contributed by atoms with Gasteiger partial charge in [-0.1, -0.05) is 18.7 Å². The zero-order chi connectivity index (χ0) is 14.3. The van der Waals surface area contributed by atoms with E-state index in [1.807, 2.05) is 10.8 Å². The van der Waals surface area contributed by atoms with Gasteiger partial charge in [-0.15, -0.1) is 0 Å². The number of primary amides is 1. The number of aromatic nitrogens is 3. The summed E-state index contributed by atoms with van der Waals surface area (Å²) in [5.74, 6) is -0.135. The van der Waals surface area contributed by atoms with Gasteiger partial charge in [0.15, 0.2) is 5.16 Å². The Bertz CT molecular complexity index is 670. The third-order valence-electron chi connectivity index (χ3n) is 3.65. The fourth-order valence-corrected chi connectivity index (χ4v) is 2.93. The average Bonchev–Trinajstić information content (AvgIpc) is 3.00. The Morgan fingerprint density at radius 1 is 1.55 bits per heavy atom. The fraction of sp³-hybridized carbons (Fsp3) is 0.462. The van der Waals surface area contributed by atoms with Gasteiger partial charge in [0.2, 0.25) is 0 Å². The van der Waals surface area contributed by atoms with Crippen LogP contribution in [0.1, 0.15) is 23.5 Å². The van der Waals surface area contributed by atoms with Gasteiger partial charge in [0.05, 0.1) is 19.3 Å². The molecule has 1 saturated heterocycles. The molecule has 2 aromatic rings. The first-order valence-electron chi connectivity index (χ1n) is 6.41. The van der Waals surface area contributed by atoms with Crippen molar-refractivity contribution in [3.8, 4) is 0 Å². The summed E-state index contributed by atoms with van der Waals surface area (Å²) in [6.45, 7) is 3.36. The molecule has 20 heavy (non-hydrogen) atoms. The molecule has 3 heterocycles. The van der Waals surface area contributed by atoms with E-state index in [1.165, 1.54) is 11.8 Å². The van der Waals surface area contributed by atoms with Crippen molar-refractivity contribution in [1.29, 1.82) is 0 Å². The van der Waals surface area contributed by atoms with Gasteiger partial charge >= 0.3 is 0 Å². The number of hydrogen-bond donors (Lipinski definition) is 1. The molecular formula is C13H16N4O2S. The molecule has 0 aliphatic carbocycles. The molecule has 0 aromatic carbocycles. The largest absolute Gasteiger partial charge is 0.379 e. The van der Waals surface area contributed by atoms with Crippen LogP contribution in [-0.2, 0) is 4.74 Å². The smallest absolute Gasteiger partial charge is 0.265 e. The fourth-order valence-electron chi connectivity index (χ4n) is 2.60. The molecule has 106 valence electrons. The van der Waals surface area contributed by atoms with E-state index in [1.54, 1.807) is 12.3 Å². The third kappa shape index (κ3) is 2.06. The van der Waals surface area contributed by atoms with E-state index in [4.69, 9.17) is 10.5 Å². The number of carbonyl (C=O) groups is 1. The number of rotatable bonds is 3. The van der Waals surface area contributed by atoms with Gasteiger partial charge in [0, 0.05) is 17.5 Å². The topological polar surface area (TPSA) is 83.0 Å².